The van der Waals surface area contributed by atoms with Crippen LogP contribution in [0.2, 0.25) is 0 Å². The highest BCUT2D eigenvalue weighted by Crippen LogP contribution is 2.30. The van der Waals surface area contributed by atoms with Crippen LogP contribution in [-0.4, -0.2) is 39.3 Å². The van der Waals surface area contributed by atoms with Crippen LogP contribution in [0.5, 0.6) is 5.75 Å². The van der Waals surface area contributed by atoms with Crippen LogP contribution in [0, 0.1) is 12.7 Å². The van der Waals surface area contributed by atoms with Gasteiger partial charge in [-0.1, -0.05) is 18.2 Å². The molecular formula is C26H27FN6O2. The van der Waals surface area contributed by atoms with Crippen LogP contribution in [-0.2, 0) is 0 Å². The fourth-order valence-electron chi connectivity index (χ4n) is 3.71. The van der Waals surface area contributed by atoms with Crippen LogP contribution in [0.1, 0.15) is 41.5 Å². The number of halogens is 1. The molecular weight excluding hydrogens is 447 g/mol. The van der Waals surface area contributed by atoms with Crippen molar-refractivity contribution in [3.05, 3.63) is 83.7 Å². The number of aryl methyl sites for hydroxylation is 1. The average molecular weight is 475 g/mol. The van der Waals surface area contributed by atoms with Gasteiger partial charge in [0.2, 0.25) is 0 Å². The van der Waals surface area contributed by atoms with Crippen molar-refractivity contribution in [1.82, 2.24) is 25.1 Å². The highest BCUT2D eigenvalue weighted by Gasteiger charge is 2.18. The molecule has 4 rings (SSSR count). The number of nitrogens with one attached hydrogen (secondary N) is 2. The summed E-state index contributed by atoms with van der Waals surface area (Å²) in [5, 5.41) is 14.7. The van der Waals surface area contributed by atoms with Gasteiger partial charge < -0.3 is 19.9 Å². The first kappa shape index (κ1) is 23.9. The number of carbonyl (C=O) groups is 1. The lowest BCUT2D eigenvalue weighted by molar-refractivity contribution is 0.0956. The number of amides is 1. The predicted molar refractivity (Wildman–Crippen MR) is 132 cm³/mol. The third kappa shape index (κ3) is 5.29. The Morgan fingerprint density at radius 2 is 1.91 bits per heavy atom. The second-order valence-electron chi connectivity index (χ2n) is 8.08. The van der Waals surface area contributed by atoms with Gasteiger partial charge in [-0.25, -0.2) is 9.37 Å². The maximum Gasteiger partial charge on any atom is 0.255 e. The molecule has 0 spiro atoms. The summed E-state index contributed by atoms with van der Waals surface area (Å²) >= 11 is 0. The highest BCUT2D eigenvalue weighted by atomic mass is 19.1. The summed E-state index contributed by atoms with van der Waals surface area (Å²) in [6.07, 6.45) is 3.63. The van der Waals surface area contributed by atoms with Crippen molar-refractivity contribution < 1.29 is 13.9 Å². The zero-order valence-electron chi connectivity index (χ0n) is 20.0. The van der Waals surface area contributed by atoms with Crippen LogP contribution < -0.4 is 15.4 Å². The Kier molecular flexibility index (Phi) is 7.05. The second kappa shape index (κ2) is 10.3. The van der Waals surface area contributed by atoms with E-state index in [4.69, 9.17) is 4.74 Å². The van der Waals surface area contributed by atoms with Gasteiger partial charge in [0.1, 0.15) is 11.6 Å². The SMILES string of the molecule is CCNC(=O)c1cc(-c2ccc(-n3cnc(C)c3)c(OC)c2)nnc1N[C@@H](C)c1ccc(F)cc1. The fourth-order valence-corrected chi connectivity index (χ4v) is 3.71. The zero-order valence-corrected chi connectivity index (χ0v) is 20.0. The lowest BCUT2D eigenvalue weighted by Gasteiger charge is -2.18. The molecule has 2 N–H and O–H groups in total. The van der Waals surface area contributed by atoms with E-state index in [2.05, 4.69) is 25.8 Å². The molecule has 2 aromatic carbocycles. The van der Waals surface area contributed by atoms with Crippen LogP contribution in [0.4, 0.5) is 10.2 Å². The van der Waals surface area contributed by atoms with Crippen molar-refractivity contribution in [2.75, 3.05) is 19.0 Å². The lowest BCUT2D eigenvalue weighted by Crippen LogP contribution is -2.25. The predicted octanol–water partition coefficient (Wildman–Crippen LogP) is 4.71. The molecule has 0 aliphatic carbocycles. The molecule has 0 bridgehead atoms. The molecule has 2 aromatic heterocycles. The molecule has 9 heteroatoms. The number of hydrogen-bond donors (Lipinski definition) is 2. The second-order valence-corrected chi connectivity index (χ2v) is 8.08. The number of rotatable bonds is 8. The molecule has 0 saturated carbocycles. The van der Waals surface area contributed by atoms with E-state index in [1.54, 1.807) is 31.6 Å². The molecule has 8 nitrogen and oxygen atoms in total. The van der Waals surface area contributed by atoms with Gasteiger partial charge in [0, 0.05) is 18.3 Å². The third-order valence-electron chi connectivity index (χ3n) is 5.56. The molecule has 0 radical (unpaired) electrons. The molecule has 0 aliphatic heterocycles. The molecule has 1 amide bonds. The van der Waals surface area contributed by atoms with E-state index in [0.717, 1.165) is 22.5 Å². The summed E-state index contributed by atoms with van der Waals surface area (Å²) in [7, 11) is 1.60. The number of aromatic nitrogens is 4. The van der Waals surface area contributed by atoms with Crippen molar-refractivity contribution in [2.24, 2.45) is 0 Å². The van der Waals surface area contributed by atoms with E-state index < -0.39 is 0 Å². The van der Waals surface area contributed by atoms with Crippen molar-refractivity contribution in [2.45, 2.75) is 26.8 Å². The van der Waals surface area contributed by atoms with Gasteiger partial charge in [-0.15, -0.1) is 10.2 Å². The monoisotopic (exact) mass is 474 g/mol. The highest BCUT2D eigenvalue weighted by molar-refractivity contribution is 5.99. The summed E-state index contributed by atoms with van der Waals surface area (Å²) in [5.41, 5.74) is 4.22. The van der Waals surface area contributed by atoms with Gasteiger partial charge in [0.25, 0.3) is 5.91 Å². The molecule has 0 unspecified atom stereocenters. The van der Waals surface area contributed by atoms with Gasteiger partial charge in [-0.2, -0.15) is 0 Å². The maximum atomic E-state index is 13.3. The van der Waals surface area contributed by atoms with Crippen LogP contribution in [0.15, 0.2) is 61.1 Å². The maximum absolute atomic E-state index is 13.3. The Balaban J connectivity index is 1.69. The Morgan fingerprint density at radius 3 is 2.57 bits per heavy atom. The first-order valence-electron chi connectivity index (χ1n) is 11.3. The smallest absolute Gasteiger partial charge is 0.255 e. The van der Waals surface area contributed by atoms with Gasteiger partial charge in [-0.05, 0) is 56.7 Å². The van der Waals surface area contributed by atoms with Crippen LogP contribution in [0.25, 0.3) is 16.9 Å². The largest absolute Gasteiger partial charge is 0.495 e. The number of methoxy groups -OCH3 is 1. The third-order valence-corrected chi connectivity index (χ3v) is 5.56. The van der Waals surface area contributed by atoms with Gasteiger partial charge in [-0.3, -0.25) is 4.79 Å². The summed E-state index contributed by atoms with van der Waals surface area (Å²) in [4.78, 5) is 17.1. The van der Waals surface area contributed by atoms with E-state index in [1.807, 2.05) is 49.7 Å². The van der Waals surface area contributed by atoms with Crippen LogP contribution in [0.3, 0.4) is 0 Å². The number of nitrogens with zero attached hydrogens (tertiary/aromatic N) is 4. The van der Waals surface area contributed by atoms with Crippen molar-refractivity contribution >= 4 is 11.7 Å². The first-order valence-corrected chi connectivity index (χ1v) is 11.3. The molecule has 0 fully saturated rings. The number of hydrogen-bond acceptors (Lipinski definition) is 6. The Bertz CT molecular complexity index is 1340. The summed E-state index contributed by atoms with van der Waals surface area (Å²) in [6, 6.07) is 13.3. The topological polar surface area (TPSA) is 94.0 Å². The average Bonchev–Trinajstić information content (AvgIpc) is 3.30. The minimum atomic E-state index is -0.308. The molecule has 0 saturated heterocycles. The Hall–Kier alpha value is -4.27. The van der Waals surface area contributed by atoms with Gasteiger partial charge >= 0.3 is 0 Å². The summed E-state index contributed by atoms with van der Waals surface area (Å²) in [6.45, 7) is 6.15. The van der Waals surface area contributed by atoms with E-state index >= 15 is 0 Å². The fraction of sp³-hybridized carbons (Fsp3) is 0.231. The molecule has 4 aromatic rings. The number of carbonyl (C=O) groups excluding carboxylic acids is 1. The molecule has 1 atom stereocenters. The van der Waals surface area contributed by atoms with E-state index in [0.29, 0.717) is 29.4 Å². The molecule has 35 heavy (non-hydrogen) atoms. The number of anilines is 1. The van der Waals surface area contributed by atoms with E-state index in [1.165, 1.54) is 12.1 Å². The van der Waals surface area contributed by atoms with Crippen molar-refractivity contribution in [3.63, 3.8) is 0 Å². The summed E-state index contributed by atoms with van der Waals surface area (Å²) < 4.78 is 20.8. The Morgan fingerprint density at radius 1 is 1.14 bits per heavy atom. The molecule has 0 aliphatic rings. The quantitative estimate of drug-likeness (QED) is 0.384. The van der Waals surface area contributed by atoms with Gasteiger partial charge in [0.15, 0.2) is 5.82 Å². The standard InChI is InChI=1S/C26H27FN6O2/c1-5-28-26(34)21-13-22(31-32-25(21)30-17(3)18-6-9-20(27)10-7-18)19-8-11-23(24(12-19)35-4)33-14-16(2)29-15-33/h6-15,17H,5H2,1-4H3,(H,28,34)(H,30,32)/t17-/m0/s1. The van der Waals surface area contributed by atoms with E-state index in [-0.39, 0.29) is 17.8 Å². The minimum absolute atomic E-state index is 0.220. The van der Waals surface area contributed by atoms with Crippen LogP contribution >= 0.6 is 0 Å². The van der Waals surface area contributed by atoms with Crippen molar-refractivity contribution in [1.29, 1.82) is 0 Å². The normalized spacial score (nSPS) is 11.7. The molecule has 2 heterocycles. The number of benzene rings is 2. The van der Waals surface area contributed by atoms with Gasteiger partial charge in [0.05, 0.1) is 42.1 Å². The number of ether oxygens (including phenoxy) is 1. The zero-order chi connectivity index (χ0) is 24.9. The van der Waals surface area contributed by atoms with E-state index in [9.17, 15) is 9.18 Å². The minimum Gasteiger partial charge on any atom is -0.495 e. The first-order chi connectivity index (χ1) is 16.9. The number of imidazole rings is 1. The Labute approximate surface area is 203 Å². The summed E-state index contributed by atoms with van der Waals surface area (Å²) in [5.74, 6) is 0.398. The lowest BCUT2D eigenvalue weighted by atomic mass is 10.1. The van der Waals surface area contributed by atoms with Crippen molar-refractivity contribution in [3.8, 4) is 22.7 Å². The molecule has 180 valence electrons.